The van der Waals surface area contributed by atoms with Crippen LogP contribution < -0.4 is 10.5 Å². The maximum Gasteiger partial charge on any atom is 0.214 e. The van der Waals surface area contributed by atoms with Gasteiger partial charge in [0.05, 0.1) is 0 Å². The van der Waals surface area contributed by atoms with Crippen LogP contribution in [0.5, 0.6) is 5.88 Å². The molecular formula is C13H20N2O. The number of hydrogen-bond acceptors (Lipinski definition) is 3. The lowest BCUT2D eigenvalue weighted by molar-refractivity contribution is 0.346. The molecule has 2 N–H and O–H groups in total. The largest absolute Gasteiger partial charge is 0.473 e. The van der Waals surface area contributed by atoms with Gasteiger partial charge in [0.2, 0.25) is 5.88 Å². The van der Waals surface area contributed by atoms with E-state index in [2.05, 4.69) is 18.8 Å². The first-order valence-electron chi connectivity index (χ1n) is 5.62. The molecule has 0 spiro atoms. The molecule has 0 aliphatic rings. The van der Waals surface area contributed by atoms with Crippen LogP contribution in [0.15, 0.2) is 24.3 Å². The Balaban J connectivity index is 2.86. The highest BCUT2D eigenvalue weighted by molar-refractivity contribution is 5.26. The molecule has 1 heterocycles. The summed E-state index contributed by atoms with van der Waals surface area (Å²) in [5, 5.41) is 0. The normalized spacial score (nSPS) is 11.3. The van der Waals surface area contributed by atoms with Crippen molar-refractivity contribution >= 4 is 0 Å². The van der Waals surface area contributed by atoms with Gasteiger partial charge in [-0.05, 0) is 24.5 Å². The number of nitrogens with zero attached hydrogens (tertiary/aromatic N) is 1. The Kier molecular flexibility index (Phi) is 4.99. The Morgan fingerprint density at radius 1 is 1.44 bits per heavy atom. The maximum absolute atomic E-state index is 5.65. The predicted octanol–water partition coefficient (Wildman–Crippen LogP) is 2.62. The molecule has 1 aromatic heterocycles. The Morgan fingerprint density at radius 3 is 2.75 bits per heavy atom. The first-order chi connectivity index (χ1) is 7.67. The van der Waals surface area contributed by atoms with Crippen LogP contribution in [0, 0.1) is 0 Å². The van der Waals surface area contributed by atoms with E-state index in [1.807, 2.05) is 31.2 Å². The molecule has 1 rings (SSSR count). The predicted molar refractivity (Wildman–Crippen MR) is 66.5 cm³/mol. The zero-order valence-corrected chi connectivity index (χ0v) is 10.2. The molecule has 0 fully saturated rings. The molecule has 0 aliphatic heterocycles. The number of nitrogens with two attached hydrogens (primary N) is 1. The van der Waals surface area contributed by atoms with Gasteiger partial charge in [0.25, 0.3) is 0 Å². The van der Waals surface area contributed by atoms with Gasteiger partial charge in [-0.2, -0.15) is 0 Å². The Hall–Kier alpha value is -1.35. The zero-order chi connectivity index (χ0) is 12.0. The van der Waals surface area contributed by atoms with Gasteiger partial charge in [-0.25, -0.2) is 4.98 Å². The molecular weight excluding hydrogens is 200 g/mol. The highest BCUT2D eigenvalue weighted by Gasteiger charge is 2.05. The van der Waals surface area contributed by atoms with E-state index in [9.17, 15) is 0 Å². The van der Waals surface area contributed by atoms with Gasteiger partial charge in [-0.1, -0.05) is 26.0 Å². The minimum absolute atomic E-state index is 0.385. The standard InChI is InChI=1S/C13H20N2O/c1-4-5-6-16-13-8-11(9-14)7-12(15-13)10(2)3/h4-5,7-8,10H,6,9,14H2,1-3H3/b5-4+. The Bertz CT molecular complexity index is 359. The molecule has 0 saturated heterocycles. The molecule has 0 radical (unpaired) electrons. The van der Waals surface area contributed by atoms with Gasteiger partial charge in [-0.15, -0.1) is 0 Å². The molecule has 0 bridgehead atoms. The number of rotatable bonds is 5. The molecule has 1 aromatic rings. The molecule has 0 atom stereocenters. The number of allylic oxidation sites excluding steroid dienone is 1. The van der Waals surface area contributed by atoms with Gasteiger partial charge < -0.3 is 10.5 Å². The molecule has 0 amide bonds. The first kappa shape index (κ1) is 12.7. The van der Waals surface area contributed by atoms with E-state index in [1.165, 1.54) is 0 Å². The van der Waals surface area contributed by atoms with Crippen molar-refractivity contribution in [3.8, 4) is 5.88 Å². The molecule has 3 heteroatoms. The first-order valence-corrected chi connectivity index (χ1v) is 5.62. The summed E-state index contributed by atoms with van der Waals surface area (Å²) in [4.78, 5) is 4.44. The molecule has 0 aromatic carbocycles. The van der Waals surface area contributed by atoms with Crippen molar-refractivity contribution in [2.45, 2.75) is 33.2 Å². The van der Waals surface area contributed by atoms with E-state index in [1.54, 1.807) is 0 Å². The average Bonchev–Trinajstić information content (AvgIpc) is 2.29. The fourth-order valence-corrected chi connectivity index (χ4v) is 1.30. The van der Waals surface area contributed by atoms with Crippen molar-refractivity contribution < 1.29 is 4.74 Å². The van der Waals surface area contributed by atoms with Gasteiger partial charge in [0.15, 0.2) is 0 Å². The van der Waals surface area contributed by atoms with Crippen LogP contribution in [-0.4, -0.2) is 11.6 Å². The van der Waals surface area contributed by atoms with Crippen LogP contribution in [0.4, 0.5) is 0 Å². The number of aromatic nitrogens is 1. The van der Waals surface area contributed by atoms with E-state index < -0.39 is 0 Å². The quantitative estimate of drug-likeness (QED) is 0.776. The average molecular weight is 220 g/mol. The monoisotopic (exact) mass is 220 g/mol. The minimum atomic E-state index is 0.385. The van der Waals surface area contributed by atoms with Crippen molar-refractivity contribution in [2.75, 3.05) is 6.61 Å². The highest BCUT2D eigenvalue weighted by Crippen LogP contribution is 2.18. The number of pyridine rings is 1. The van der Waals surface area contributed by atoms with Gasteiger partial charge in [0.1, 0.15) is 6.61 Å². The van der Waals surface area contributed by atoms with E-state index in [0.29, 0.717) is 24.9 Å². The second-order valence-electron chi connectivity index (χ2n) is 3.98. The molecule has 0 unspecified atom stereocenters. The summed E-state index contributed by atoms with van der Waals surface area (Å²) in [6.45, 7) is 7.25. The topological polar surface area (TPSA) is 48.1 Å². The van der Waals surface area contributed by atoms with Crippen LogP contribution in [0.3, 0.4) is 0 Å². The van der Waals surface area contributed by atoms with Crippen LogP contribution >= 0.6 is 0 Å². The van der Waals surface area contributed by atoms with Gasteiger partial charge in [0, 0.05) is 18.3 Å². The fraction of sp³-hybridized carbons (Fsp3) is 0.462. The summed E-state index contributed by atoms with van der Waals surface area (Å²) in [6, 6.07) is 3.93. The third-order valence-electron chi connectivity index (χ3n) is 2.27. The third-order valence-corrected chi connectivity index (χ3v) is 2.27. The van der Waals surface area contributed by atoms with Crippen LogP contribution in [-0.2, 0) is 6.54 Å². The van der Waals surface area contributed by atoms with E-state index in [-0.39, 0.29) is 0 Å². The van der Waals surface area contributed by atoms with Crippen molar-refractivity contribution in [3.63, 3.8) is 0 Å². The molecule has 3 nitrogen and oxygen atoms in total. The van der Waals surface area contributed by atoms with Gasteiger partial charge in [-0.3, -0.25) is 0 Å². The van der Waals surface area contributed by atoms with E-state index >= 15 is 0 Å². The summed E-state index contributed by atoms with van der Waals surface area (Å²) in [5.74, 6) is 1.04. The Morgan fingerprint density at radius 2 is 2.19 bits per heavy atom. The summed E-state index contributed by atoms with van der Waals surface area (Å²) in [7, 11) is 0. The summed E-state index contributed by atoms with van der Waals surface area (Å²) >= 11 is 0. The third kappa shape index (κ3) is 3.66. The highest BCUT2D eigenvalue weighted by atomic mass is 16.5. The molecule has 16 heavy (non-hydrogen) atoms. The van der Waals surface area contributed by atoms with Gasteiger partial charge >= 0.3 is 0 Å². The van der Waals surface area contributed by atoms with E-state index in [0.717, 1.165) is 11.3 Å². The second-order valence-corrected chi connectivity index (χ2v) is 3.98. The summed E-state index contributed by atoms with van der Waals surface area (Å²) in [6.07, 6.45) is 3.90. The minimum Gasteiger partial charge on any atom is -0.473 e. The molecule has 88 valence electrons. The number of ether oxygens (including phenoxy) is 1. The van der Waals surface area contributed by atoms with Crippen LogP contribution in [0.2, 0.25) is 0 Å². The summed E-state index contributed by atoms with van der Waals surface area (Å²) < 4.78 is 5.53. The summed E-state index contributed by atoms with van der Waals surface area (Å²) in [5.41, 5.74) is 7.74. The lowest BCUT2D eigenvalue weighted by Crippen LogP contribution is -2.04. The number of hydrogen-bond donors (Lipinski definition) is 1. The van der Waals surface area contributed by atoms with E-state index in [4.69, 9.17) is 10.5 Å². The Labute approximate surface area is 97.3 Å². The lowest BCUT2D eigenvalue weighted by atomic mass is 10.1. The lowest BCUT2D eigenvalue weighted by Gasteiger charge is -2.10. The van der Waals surface area contributed by atoms with Crippen molar-refractivity contribution in [1.29, 1.82) is 0 Å². The molecule has 0 saturated carbocycles. The smallest absolute Gasteiger partial charge is 0.214 e. The van der Waals surface area contributed by atoms with Crippen LogP contribution in [0.25, 0.3) is 0 Å². The maximum atomic E-state index is 5.65. The second kappa shape index (κ2) is 6.28. The zero-order valence-electron chi connectivity index (χ0n) is 10.2. The fourth-order valence-electron chi connectivity index (χ4n) is 1.30. The van der Waals surface area contributed by atoms with Crippen molar-refractivity contribution in [1.82, 2.24) is 4.98 Å². The SMILES string of the molecule is C/C=C/COc1cc(CN)cc(C(C)C)n1. The van der Waals surface area contributed by atoms with Crippen molar-refractivity contribution in [3.05, 3.63) is 35.5 Å². The van der Waals surface area contributed by atoms with Crippen molar-refractivity contribution in [2.24, 2.45) is 5.73 Å². The van der Waals surface area contributed by atoms with Crippen LogP contribution in [0.1, 0.15) is 37.9 Å². The molecule has 0 aliphatic carbocycles.